The van der Waals surface area contributed by atoms with Crippen LogP contribution in [0, 0.1) is 5.92 Å². The van der Waals surface area contributed by atoms with E-state index in [1.807, 2.05) is 12.1 Å². The molecule has 7 nitrogen and oxygen atoms in total. The Morgan fingerprint density at radius 3 is 2.58 bits per heavy atom. The van der Waals surface area contributed by atoms with Crippen molar-refractivity contribution in [1.29, 1.82) is 0 Å². The maximum absolute atomic E-state index is 12.5. The summed E-state index contributed by atoms with van der Waals surface area (Å²) in [5.41, 5.74) is 1.71. The van der Waals surface area contributed by atoms with Crippen LogP contribution >= 0.6 is 11.6 Å². The molecular formula is C18H19ClN4O3. The molecule has 0 bridgehead atoms. The lowest BCUT2D eigenvalue weighted by molar-refractivity contribution is -0.120. The van der Waals surface area contributed by atoms with E-state index in [-0.39, 0.29) is 22.9 Å². The molecule has 0 radical (unpaired) electrons. The predicted molar refractivity (Wildman–Crippen MR) is 99.0 cm³/mol. The number of piperidine rings is 1. The minimum atomic E-state index is -0.120. The molecule has 26 heavy (non-hydrogen) atoms. The fourth-order valence-electron chi connectivity index (χ4n) is 2.93. The zero-order chi connectivity index (χ0) is 18.5. The number of benzene rings is 1. The van der Waals surface area contributed by atoms with Gasteiger partial charge in [-0.05, 0) is 37.1 Å². The summed E-state index contributed by atoms with van der Waals surface area (Å²) in [5.74, 6) is 0.208. The molecule has 1 N–H and O–H groups in total. The zero-order valence-corrected chi connectivity index (χ0v) is 15.1. The highest BCUT2D eigenvalue weighted by atomic mass is 35.5. The molecule has 0 saturated carbocycles. The molecule has 1 aliphatic heterocycles. The van der Waals surface area contributed by atoms with Crippen molar-refractivity contribution in [2.75, 3.05) is 30.4 Å². The van der Waals surface area contributed by atoms with E-state index in [0.717, 1.165) is 37.9 Å². The number of nitrogens with one attached hydrogen (secondary N) is 1. The Kier molecular flexibility index (Phi) is 5.68. The van der Waals surface area contributed by atoms with Crippen LogP contribution in [0.2, 0.25) is 5.15 Å². The third-order valence-corrected chi connectivity index (χ3v) is 4.57. The average Bonchev–Trinajstić information content (AvgIpc) is 2.67. The summed E-state index contributed by atoms with van der Waals surface area (Å²) in [5, 5.41) is 2.92. The van der Waals surface area contributed by atoms with Crippen molar-refractivity contribution in [3.8, 4) is 5.88 Å². The number of halogens is 1. The van der Waals surface area contributed by atoms with Gasteiger partial charge in [0.25, 0.3) is 0 Å². The van der Waals surface area contributed by atoms with Gasteiger partial charge in [-0.25, -0.2) is 4.98 Å². The van der Waals surface area contributed by atoms with Gasteiger partial charge in [-0.15, -0.1) is 0 Å². The second kappa shape index (κ2) is 8.14. The summed E-state index contributed by atoms with van der Waals surface area (Å²) in [6, 6.07) is 8.92. The highest BCUT2D eigenvalue weighted by Crippen LogP contribution is 2.25. The minimum absolute atomic E-state index is 0.117. The normalized spacial score (nSPS) is 14.8. The first kappa shape index (κ1) is 18.1. The largest absolute Gasteiger partial charge is 0.481 e. The Labute approximate surface area is 156 Å². The van der Waals surface area contributed by atoms with Gasteiger partial charge in [0.2, 0.25) is 17.7 Å². The van der Waals surface area contributed by atoms with Crippen molar-refractivity contribution in [3.05, 3.63) is 41.0 Å². The fourth-order valence-corrected chi connectivity index (χ4v) is 3.11. The van der Waals surface area contributed by atoms with Crippen LogP contribution < -0.4 is 15.0 Å². The van der Waals surface area contributed by atoms with E-state index >= 15 is 0 Å². The molecule has 1 aromatic carbocycles. The fraction of sp³-hybridized carbons (Fsp3) is 0.333. The molecule has 2 heterocycles. The summed E-state index contributed by atoms with van der Waals surface area (Å²) in [6.07, 6.45) is 2.27. The van der Waals surface area contributed by atoms with Gasteiger partial charge in [-0.1, -0.05) is 11.6 Å². The maximum Gasteiger partial charge on any atom is 0.234 e. The molecule has 3 rings (SSSR count). The molecule has 1 amide bonds. The number of methoxy groups -OCH3 is 1. The number of hydrogen-bond acceptors (Lipinski definition) is 6. The molecule has 1 aliphatic rings. The molecule has 0 unspecified atom stereocenters. The third kappa shape index (κ3) is 4.29. The van der Waals surface area contributed by atoms with Crippen LogP contribution in [0.3, 0.4) is 0 Å². The van der Waals surface area contributed by atoms with Gasteiger partial charge in [-0.2, -0.15) is 4.98 Å². The number of nitrogens with zero attached hydrogens (tertiary/aromatic N) is 3. The number of aldehydes is 1. The number of anilines is 2. The van der Waals surface area contributed by atoms with E-state index in [2.05, 4.69) is 20.2 Å². The van der Waals surface area contributed by atoms with Crippen molar-refractivity contribution in [3.63, 3.8) is 0 Å². The van der Waals surface area contributed by atoms with Crippen LogP contribution in [0.4, 0.5) is 11.6 Å². The third-order valence-electron chi connectivity index (χ3n) is 4.38. The van der Waals surface area contributed by atoms with Gasteiger partial charge >= 0.3 is 0 Å². The molecule has 8 heteroatoms. The number of carbonyl (C=O) groups excluding carboxylic acids is 2. The van der Waals surface area contributed by atoms with Crippen molar-refractivity contribution in [2.24, 2.45) is 5.92 Å². The van der Waals surface area contributed by atoms with Crippen LogP contribution in [0.15, 0.2) is 30.3 Å². The molecule has 1 fully saturated rings. The van der Waals surface area contributed by atoms with Gasteiger partial charge in [0.05, 0.1) is 7.11 Å². The summed E-state index contributed by atoms with van der Waals surface area (Å²) in [7, 11) is 1.47. The van der Waals surface area contributed by atoms with Crippen molar-refractivity contribution in [2.45, 2.75) is 12.8 Å². The van der Waals surface area contributed by atoms with Gasteiger partial charge in [-0.3, -0.25) is 14.9 Å². The van der Waals surface area contributed by atoms with Gasteiger partial charge in [0.1, 0.15) is 11.4 Å². The molecule has 1 saturated heterocycles. The molecular weight excluding hydrogens is 356 g/mol. The predicted octanol–water partition coefficient (Wildman–Crippen LogP) is 2.81. The Bertz CT molecular complexity index is 790. The van der Waals surface area contributed by atoms with Crippen molar-refractivity contribution < 1.29 is 14.3 Å². The monoisotopic (exact) mass is 374 g/mol. The Morgan fingerprint density at radius 2 is 1.96 bits per heavy atom. The second-order valence-corrected chi connectivity index (χ2v) is 6.40. The summed E-state index contributed by atoms with van der Waals surface area (Å²) < 4.78 is 5.03. The molecule has 0 spiro atoms. The quantitative estimate of drug-likeness (QED) is 0.640. The summed E-state index contributed by atoms with van der Waals surface area (Å²) in [4.78, 5) is 33.5. The SMILES string of the molecule is COc1cc(Cl)nc(NC(=O)C2CCN(c3ccc(C=O)cc3)CC2)n1. The zero-order valence-electron chi connectivity index (χ0n) is 14.3. The molecule has 1 aromatic heterocycles. The first-order valence-corrected chi connectivity index (χ1v) is 8.66. The first-order chi connectivity index (χ1) is 12.6. The molecule has 2 aromatic rings. The Balaban J connectivity index is 1.58. The van der Waals surface area contributed by atoms with Crippen LogP contribution in [-0.4, -0.2) is 42.4 Å². The van der Waals surface area contributed by atoms with E-state index in [4.69, 9.17) is 16.3 Å². The number of amides is 1. The Hall–Kier alpha value is -2.67. The maximum atomic E-state index is 12.5. The lowest BCUT2D eigenvalue weighted by Crippen LogP contribution is -2.38. The van der Waals surface area contributed by atoms with Crippen LogP contribution in [0.5, 0.6) is 5.88 Å². The van der Waals surface area contributed by atoms with Gasteiger partial charge < -0.3 is 9.64 Å². The highest BCUT2D eigenvalue weighted by Gasteiger charge is 2.26. The smallest absolute Gasteiger partial charge is 0.234 e. The minimum Gasteiger partial charge on any atom is -0.481 e. The topological polar surface area (TPSA) is 84.4 Å². The standard InChI is InChI=1S/C18H19ClN4O3/c1-26-16-10-15(19)20-18(21-16)22-17(25)13-6-8-23(9-7-13)14-4-2-12(11-24)3-5-14/h2-5,10-11,13H,6-9H2,1H3,(H,20,21,22,25). The number of ether oxygens (including phenoxy) is 1. The van der Waals surface area contributed by atoms with Gasteiger partial charge in [0.15, 0.2) is 0 Å². The highest BCUT2D eigenvalue weighted by molar-refractivity contribution is 6.29. The summed E-state index contributed by atoms with van der Waals surface area (Å²) >= 11 is 5.90. The summed E-state index contributed by atoms with van der Waals surface area (Å²) in [6.45, 7) is 1.52. The van der Waals surface area contributed by atoms with E-state index in [1.54, 1.807) is 12.1 Å². The number of hydrogen-bond donors (Lipinski definition) is 1. The number of aromatic nitrogens is 2. The molecule has 136 valence electrons. The van der Waals surface area contributed by atoms with Crippen LogP contribution in [0.25, 0.3) is 0 Å². The lowest BCUT2D eigenvalue weighted by atomic mass is 9.95. The average molecular weight is 375 g/mol. The second-order valence-electron chi connectivity index (χ2n) is 6.02. The number of carbonyl (C=O) groups is 2. The van der Waals surface area contributed by atoms with E-state index in [9.17, 15) is 9.59 Å². The number of rotatable bonds is 5. The lowest BCUT2D eigenvalue weighted by Gasteiger charge is -2.32. The Morgan fingerprint density at radius 1 is 1.27 bits per heavy atom. The molecule has 0 aliphatic carbocycles. The van der Waals surface area contributed by atoms with E-state index < -0.39 is 0 Å². The van der Waals surface area contributed by atoms with Crippen molar-refractivity contribution in [1.82, 2.24) is 9.97 Å². The molecule has 0 atom stereocenters. The van der Waals surface area contributed by atoms with E-state index in [1.165, 1.54) is 13.2 Å². The van der Waals surface area contributed by atoms with Crippen LogP contribution in [0.1, 0.15) is 23.2 Å². The van der Waals surface area contributed by atoms with Gasteiger partial charge in [0, 0.05) is 36.3 Å². The van der Waals surface area contributed by atoms with E-state index in [0.29, 0.717) is 11.4 Å². The first-order valence-electron chi connectivity index (χ1n) is 8.28. The van der Waals surface area contributed by atoms with Crippen LogP contribution in [-0.2, 0) is 4.79 Å². The van der Waals surface area contributed by atoms with Crippen molar-refractivity contribution >= 4 is 35.4 Å².